The third-order valence-electron chi connectivity index (χ3n) is 2.81. The zero-order valence-corrected chi connectivity index (χ0v) is 14.0. The minimum atomic E-state index is 0.300. The molecular weight excluding hydrogens is 358 g/mol. The summed E-state index contributed by atoms with van der Waals surface area (Å²) in [4.78, 5) is 4.09. The molecule has 3 heterocycles. The molecule has 0 amide bonds. The van der Waals surface area contributed by atoms with Gasteiger partial charge in [0.25, 0.3) is 0 Å². The van der Waals surface area contributed by atoms with Gasteiger partial charge in [-0.3, -0.25) is 5.32 Å². The molecule has 1 N–H and O–H groups in total. The van der Waals surface area contributed by atoms with Gasteiger partial charge in [-0.15, -0.1) is 34.0 Å². The lowest BCUT2D eigenvalue weighted by atomic mass is 10.2. The van der Waals surface area contributed by atoms with Gasteiger partial charge in [0.2, 0.25) is 0 Å². The molecule has 98 valence electrons. The summed E-state index contributed by atoms with van der Waals surface area (Å²) in [6, 6.07) is 11.0. The lowest BCUT2D eigenvalue weighted by Gasteiger charge is -2.15. The Morgan fingerprint density at radius 2 is 1.63 bits per heavy atom. The highest BCUT2D eigenvalue weighted by molar-refractivity contribution is 9.10. The first kappa shape index (κ1) is 13.5. The van der Waals surface area contributed by atoms with Crippen LogP contribution in [0.5, 0.6) is 0 Å². The number of thiophene rings is 3. The minimum Gasteiger partial charge on any atom is -0.300 e. The number of hydrogen-bond acceptors (Lipinski definition) is 4. The Hall–Kier alpha value is -0.460. The first-order valence-corrected chi connectivity index (χ1v) is 9.30. The van der Waals surface area contributed by atoms with Gasteiger partial charge in [0, 0.05) is 25.6 Å². The van der Waals surface area contributed by atoms with Crippen LogP contribution in [0.1, 0.15) is 20.7 Å². The van der Waals surface area contributed by atoms with E-state index in [9.17, 15) is 0 Å². The summed E-state index contributed by atoms with van der Waals surface area (Å²) in [5.41, 5.74) is 0. The summed E-state index contributed by atoms with van der Waals surface area (Å²) in [5, 5.41) is 10.1. The fraction of sp³-hybridized carbons (Fsp3) is 0.143. The van der Waals surface area contributed by atoms with E-state index in [-0.39, 0.29) is 0 Å². The molecule has 0 unspecified atom stereocenters. The van der Waals surface area contributed by atoms with E-state index in [1.165, 1.54) is 19.1 Å². The molecule has 1 nitrogen and oxygen atoms in total. The van der Waals surface area contributed by atoms with Crippen molar-refractivity contribution in [3.05, 3.63) is 65.6 Å². The Morgan fingerprint density at radius 1 is 0.947 bits per heavy atom. The van der Waals surface area contributed by atoms with Gasteiger partial charge in [0.1, 0.15) is 0 Å². The monoisotopic (exact) mass is 369 g/mol. The highest BCUT2D eigenvalue weighted by Crippen LogP contribution is 2.30. The zero-order chi connectivity index (χ0) is 13.1. The van der Waals surface area contributed by atoms with Crippen LogP contribution in [0.25, 0.3) is 0 Å². The SMILES string of the molecule is Brc1ccsc1CNC(c1cccs1)c1cccs1. The molecule has 3 aromatic heterocycles. The maximum Gasteiger partial charge on any atom is 0.0767 e. The molecule has 0 saturated carbocycles. The van der Waals surface area contributed by atoms with E-state index >= 15 is 0 Å². The topological polar surface area (TPSA) is 12.0 Å². The average Bonchev–Trinajstić information content (AvgIpc) is 3.13. The van der Waals surface area contributed by atoms with Crippen LogP contribution in [-0.2, 0) is 6.54 Å². The molecule has 5 heteroatoms. The standard InChI is InChI=1S/C14H12BrNS3/c15-10-5-8-19-13(10)9-16-14(11-3-1-6-17-11)12-4-2-7-18-12/h1-8,14,16H,9H2. The van der Waals surface area contributed by atoms with E-state index in [1.54, 1.807) is 34.0 Å². The molecule has 0 saturated heterocycles. The van der Waals surface area contributed by atoms with Gasteiger partial charge in [0.15, 0.2) is 0 Å². The normalized spacial score (nSPS) is 11.3. The molecule has 0 spiro atoms. The highest BCUT2D eigenvalue weighted by atomic mass is 79.9. The lowest BCUT2D eigenvalue weighted by Crippen LogP contribution is -2.19. The van der Waals surface area contributed by atoms with Crippen LogP contribution in [0.3, 0.4) is 0 Å². The molecule has 0 aliphatic heterocycles. The highest BCUT2D eigenvalue weighted by Gasteiger charge is 2.16. The van der Waals surface area contributed by atoms with Crippen molar-refractivity contribution in [3.63, 3.8) is 0 Å². The van der Waals surface area contributed by atoms with E-state index in [0.29, 0.717) is 6.04 Å². The number of halogens is 1. The Bertz CT molecular complexity index is 579. The predicted molar refractivity (Wildman–Crippen MR) is 89.3 cm³/mol. The van der Waals surface area contributed by atoms with Crippen LogP contribution in [0, 0.1) is 0 Å². The van der Waals surface area contributed by atoms with E-state index in [4.69, 9.17) is 0 Å². The van der Waals surface area contributed by atoms with Gasteiger partial charge >= 0.3 is 0 Å². The van der Waals surface area contributed by atoms with E-state index in [1.807, 2.05) is 0 Å². The van der Waals surface area contributed by atoms with Crippen molar-refractivity contribution in [3.8, 4) is 0 Å². The Kier molecular flexibility index (Phi) is 4.50. The quantitative estimate of drug-likeness (QED) is 0.624. The molecule has 0 fully saturated rings. The zero-order valence-electron chi connectivity index (χ0n) is 10.0. The molecule has 0 aliphatic rings. The van der Waals surface area contributed by atoms with Gasteiger partial charge in [-0.1, -0.05) is 12.1 Å². The van der Waals surface area contributed by atoms with Crippen molar-refractivity contribution in [1.29, 1.82) is 0 Å². The predicted octanol–water partition coefficient (Wildman–Crippen LogP) is 5.51. The largest absolute Gasteiger partial charge is 0.300 e. The summed E-state index contributed by atoms with van der Waals surface area (Å²) >= 11 is 8.99. The van der Waals surface area contributed by atoms with Gasteiger partial charge in [-0.2, -0.15) is 0 Å². The van der Waals surface area contributed by atoms with E-state index in [0.717, 1.165) is 6.54 Å². The third kappa shape index (κ3) is 3.17. The van der Waals surface area contributed by atoms with Crippen molar-refractivity contribution < 1.29 is 0 Å². The van der Waals surface area contributed by atoms with Crippen molar-refractivity contribution in [1.82, 2.24) is 5.32 Å². The van der Waals surface area contributed by atoms with Gasteiger partial charge in [-0.05, 0) is 50.3 Å². The van der Waals surface area contributed by atoms with Crippen molar-refractivity contribution in [2.45, 2.75) is 12.6 Å². The van der Waals surface area contributed by atoms with Crippen molar-refractivity contribution >= 4 is 49.9 Å². The summed E-state index contributed by atoms with van der Waals surface area (Å²) in [6.45, 7) is 0.888. The first-order chi connectivity index (χ1) is 9.34. The summed E-state index contributed by atoms with van der Waals surface area (Å²) in [7, 11) is 0. The smallest absolute Gasteiger partial charge is 0.0767 e. The fourth-order valence-corrected chi connectivity index (χ4v) is 5.05. The Morgan fingerprint density at radius 3 is 2.11 bits per heavy atom. The van der Waals surface area contributed by atoms with Crippen LogP contribution < -0.4 is 5.32 Å². The molecule has 19 heavy (non-hydrogen) atoms. The van der Waals surface area contributed by atoms with Crippen LogP contribution in [0.15, 0.2) is 50.9 Å². The number of nitrogens with one attached hydrogen (secondary N) is 1. The van der Waals surface area contributed by atoms with Gasteiger partial charge < -0.3 is 0 Å². The molecule has 0 aromatic carbocycles. The van der Waals surface area contributed by atoms with E-state index in [2.05, 4.69) is 67.7 Å². The Labute approximate surface area is 133 Å². The van der Waals surface area contributed by atoms with Gasteiger partial charge in [0.05, 0.1) is 6.04 Å². The second kappa shape index (κ2) is 6.33. The molecule has 3 rings (SSSR count). The van der Waals surface area contributed by atoms with Crippen molar-refractivity contribution in [2.75, 3.05) is 0 Å². The molecule has 0 bridgehead atoms. The number of hydrogen-bond donors (Lipinski definition) is 1. The molecule has 0 atom stereocenters. The lowest BCUT2D eigenvalue weighted by molar-refractivity contribution is 0.626. The number of rotatable bonds is 5. The first-order valence-electron chi connectivity index (χ1n) is 5.86. The van der Waals surface area contributed by atoms with E-state index < -0.39 is 0 Å². The van der Waals surface area contributed by atoms with Crippen molar-refractivity contribution in [2.24, 2.45) is 0 Å². The van der Waals surface area contributed by atoms with Crippen LogP contribution >= 0.6 is 49.9 Å². The maximum atomic E-state index is 3.67. The average molecular weight is 370 g/mol. The minimum absolute atomic E-state index is 0.300. The molecule has 3 aromatic rings. The molecule has 0 radical (unpaired) electrons. The fourth-order valence-electron chi connectivity index (χ4n) is 1.90. The summed E-state index contributed by atoms with van der Waals surface area (Å²) in [6.07, 6.45) is 0. The third-order valence-corrected chi connectivity index (χ3v) is 6.61. The molecule has 0 aliphatic carbocycles. The summed E-state index contributed by atoms with van der Waals surface area (Å²) < 4.78 is 1.20. The maximum absolute atomic E-state index is 3.67. The second-order valence-corrected chi connectivity index (χ2v) is 7.85. The van der Waals surface area contributed by atoms with Crippen LogP contribution in [0.4, 0.5) is 0 Å². The van der Waals surface area contributed by atoms with Crippen LogP contribution in [-0.4, -0.2) is 0 Å². The van der Waals surface area contributed by atoms with Crippen LogP contribution in [0.2, 0.25) is 0 Å². The van der Waals surface area contributed by atoms with Gasteiger partial charge in [-0.25, -0.2) is 0 Å². The second-order valence-electron chi connectivity index (χ2n) is 4.04. The summed E-state index contributed by atoms with van der Waals surface area (Å²) in [5.74, 6) is 0. The molecular formula is C14H12BrNS3. The Balaban J connectivity index is 1.79.